The third-order valence-electron chi connectivity index (χ3n) is 3.09. The number of halogens is 2. The van der Waals surface area contributed by atoms with Gasteiger partial charge in [0, 0.05) is 16.1 Å². The van der Waals surface area contributed by atoms with Gasteiger partial charge in [-0.15, -0.1) is 0 Å². The van der Waals surface area contributed by atoms with Crippen LogP contribution >= 0.6 is 34.2 Å². The van der Waals surface area contributed by atoms with Gasteiger partial charge < -0.3 is 4.74 Å². The number of nitro groups is 1. The van der Waals surface area contributed by atoms with Crippen LogP contribution in [-0.2, 0) is 4.74 Å². The van der Waals surface area contributed by atoms with E-state index in [1.807, 2.05) is 0 Å². The van der Waals surface area contributed by atoms with Crippen LogP contribution in [0.3, 0.4) is 0 Å². The lowest BCUT2D eigenvalue weighted by molar-refractivity contribution is -0.384. The summed E-state index contributed by atoms with van der Waals surface area (Å²) in [6, 6.07) is 4.89. The second kappa shape index (κ2) is 5.30. The molecule has 0 spiro atoms. The smallest absolute Gasteiger partial charge is 0.288 e. The summed E-state index contributed by atoms with van der Waals surface area (Å²) < 4.78 is 5.88. The van der Waals surface area contributed by atoms with E-state index in [4.69, 9.17) is 16.3 Å². The maximum absolute atomic E-state index is 10.9. The molecule has 0 radical (unpaired) electrons. The average molecular weight is 382 g/mol. The molecule has 4 nitrogen and oxygen atoms in total. The Morgan fingerprint density at radius 1 is 1.61 bits per heavy atom. The van der Waals surface area contributed by atoms with Crippen molar-refractivity contribution in [3.63, 3.8) is 0 Å². The Morgan fingerprint density at radius 3 is 2.94 bits per heavy atom. The maximum atomic E-state index is 10.9. The third-order valence-corrected chi connectivity index (χ3v) is 4.39. The molecule has 98 valence electrons. The van der Waals surface area contributed by atoms with Crippen molar-refractivity contribution < 1.29 is 9.66 Å². The number of ether oxygens (including phenoxy) is 1. The van der Waals surface area contributed by atoms with Gasteiger partial charge in [0.05, 0.1) is 11.0 Å². The van der Waals surface area contributed by atoms with Gasteiger partial charge in [0.15, 0.2) is 0 Å². The molecule has 1 aliphatic rings. The highest BCUT2D eigenvalue weighted by molar-refractivity contribution is 14.1. The van der Waals surface area contributed by atoms with Gasteiger partial charge in [-0.3, -0.25) is 10.1 Å². The first-order valence-electron chi connectivity index (χ1n) is 5.63. The van der Waals surface area contributed by atoms with Gasteiger partial charge in [-0.1, -0.05) is 47.2 Å². The van der Waals surface area contributed by atoms with Gasteiger partial charge in [-0.2, -0.15) is 0 Å². The van der Waals surface area contributed by atoms with Gasteiger partial charge in [0.25, 0.3) is 5.69 Å². The van der Waals surface area contributed by atoms with Crippen LogP contribution in [0.1, 0.15) is 31.4 Å². The normalized spacial score (nSPS) is 28.1. The van der Waals surface area contributed by atoms with E-state index in [0.717, 1.165) is 18.4 Å². The van der Waals surface area contributed by atoms with Crippen molar-refractivity contribution in [1.29, 1.82) is 0 Å². The molecule has 2 unspecified atom stereocenters. The van der Waals surface area contributed by atoms with Gasteiger partial charge in [-0.05, 0) is 24.5 Å². The van der Waals surface area contributed by atoms with Gasteiger partial charge in [-0.25, -0.2) is 0 Å². The van der Waals surface area contributed by atoms with E-state index in [-0.39, 0.29) is 20.2 Å². The number of hydrogen-bond acceptors (Lipinski definition) is 3. The van der Waals surface area contributed by atoms with Crippen LogP contribution in [-0.4, -0.2) is 15.0 Å². The lowest BCUT2D eigenvalue weighted by Crippen LogP contribution is -2.28. The maximum Gasteiger partial charge on any atom is 0.288 e. The largest absolute Gasteiger partial charge is 0.373 e. The zero-order valence-corrected chi connectivity index (χ0v) is 12.8. The molecule has 18 heavy (non-hydrogen) atoms. The molecule has 0 aliphatic carbocycles. The Bertz CT molecular complexity index is 478. The number of rotatable bonds is 2. The van der Waals surface area contributed by atoms with Crippen LogP contribution in [0.5, 0.6) is 0 Å². The molecule has 2 rings (SSSR count). The highest BCUT2D eigenvalue weighted by Gasteiger charge is 2.32. The standard InChI is InChI=1S/C12H13ClINO3/c1-12(14)4-5-18-11(7-12)8-2-3-9(13)10(6-8)15(16)17/h2-3,6,11H,4-5,7H2,1H3. The summed E-state index contributed by atoms with van der Waals surface area (Å²) in [6.07, 6.45) is 1.77. The molecule has 1 aromatic carbocycles. The molecule has 1 heterocycles. The van der Waals surface area contributed by atoms with Crippen LogP contribution < -0.4 is 0 Å². The zero-order valence-electron chi connectivity index (χ0n) is 9.86. The first-order valence-corrected chi connectivity index (χ1v) is 7.09. The molecule has 0 N–H and O–H groups in total. The fourth-order valence-corrected chi connectivity index (χ4v) is 2.85. The molecule has 1 aromatic rings. The van der Waals surface area contributed by atoms with E-state index in [9.17, 15) is 10.1 Å². The minimum atomic E-state index is -0.460. The van der Waals surface area contributed by atoms with Gasteiger partial charge >= 0.3 is 0 Å². The molecule has 1 aliphatic heterocycles. The zero-order chi connectivity index (χ0) is 13.3. The number of hydrogen-bond donors (Lipinski definition) is 0. The summed E-state index contributed by atoms with van der Waals surface area (Å²) >= 11 is 8.22. The summed E-state index contributed by atoms with van der Waals surface area (Å²) in [7, 11) is 0. The van der Waals surface area contributed by atoms with Gasteiger partial charge in [0.2, 0.25) is 0 Å². The van der Waals surface area contributed by atoms with E-state index in [2.05, 4.69) is 29.5 Å². The molecule has 0 saturated carbocycles. The van der Waals surface area contributed by atoms with E-state index in [1.54, 1.807) is 12.1 Å². The lowest BCUT2D eigenvalue weighted by Gasteiger charge is -2.34. The topological polar surface area (TPSA) is 52.4 Å². The number of nitro benzene ring substituents is 1. The van der Waals surface area contributed by atoms with E-state index in [0.29, 0.717) is 6.61 Å². The second-order valence-corrected chi connectivity index (χ2v) is 7.71. The molecule has 0 amide bonds. The highest BCUT2D eigenvalue weighted by Crippen LogP contribution is 2.41. The van der Waals surface area contributed by atoms with Crippen molar-refractivity contribution in [2.24, 2.45) is 0 Å². The number of nitrogens with zero attached hydrogens (tertiary/aromatic N) is 1. The van der Waals surface area contributed by atoms with Crippen molar-refractivity contribution >= 4 is 39.9 Å². The quantitative estimate of drug-likeness (QED) is 0.332. The molecule has 1 fully saturated rings. The fourth-order valence-electron chi connectivity index (χ4n) is 2.05. The minimum absolute atomic E-state index is 0.0569. The van der Waals surface area contributed by atoms with Crippen molar-refractivity contribution in [2.45, 2.75) is 29.3 Å². The van der Waals surface area contributed by atoms with Crippen LogP contribution in [0.4, 0.5) is 5.69 Å². The molecular formula is C12H13ClINO3. The SMILES string of the molecule is CC1(I)CCOC(c2ccc(Cl)c([N+](=O)[O-])c2)C1. The van der Waals surface area contributed by atoms with Crippen molar-refractivity contribution in [3.8, 4) is 0 Å². The van der Waals surface area contributed by atoms with E-state index in [1.165, 1.54) is 6.07 Å². The molecule has 6 heteroatoms. The highest BCUT2D eigenvalue weighted by atomic mass is 127. The summed E-state index contributed by atoms with van der Waals surface area (Å²) in [5.74, 6) is 0. The predicted molar refractivity (Wildman–Crippen MR) is 78.5 cm³/mol. The minimum Gasteiger partial charge on any atom is -0.373 e. The summed E-state index contributed by atoms with van der Waals surface area (Å²) in [6.45, 7) is 2.86. The van der Waals surface area contributed by atoms with Crippen molar-refractivity contribution in [1.82, 2.24) is 0 Å². The van der Waals surface area contributed by atoms with Crippen molar-refractivity contribution in [2.75, 3.05) is 6.61 Å². The first-order chi connectivity index (χ1) is 8.39. The van der Waals surface area contributed by atoms with Crippen molar-refractivity contribution in [3.05, 3.63) is 38.9 Å². The van der Waals surface area contributed by atoms with Crippen LogP contribution in [0.25, 0.3) is 0 Å². The molecular weight excluding hydrogens is 368 g/mol. The van der Waals surface area contributed by atoms with Crippen LogP contribution in [0.2, 0.25) is 5.02 Å². The number of benzene rings is 1. The van der Waals surface area contributed by atoms with E-state index >= 15 is 0 Å². The monoisotopic (exact) mass is 381 g/mol. The first kappa shape index (κ1) is 14.0. The Labute approximate surface area is 124 Å². The average Bonchev–Trinajstić information content (AvgIpc) is 2.27. The fraction of sp³-hybridized carbons (Fsp3) is 0.500. The van der Waals surface area contributed by atoms with Gasteiger partial charge in [0.1, 0.15) is 5.02 Å². The van der Waals surface area contributed by atoms with E-state index < -0.39 is 4.92 Å². The summed E-state index contributed by atoms with van der Waals surface area (Å²) in [5, 5.41) is 11.0. The molecule has 1 saturated heterocycles. The van der Waals surface area contributed by atoms with Crippen LogP contribution in [0.15, 0.2) is 18.2 Å². The molecule has 2 atom stereocenters. The third kappa shape index (κ3) is 3.13. The Balaban J connectivity index is 2.28. The Hall–Kier alpha value is -0.400. The Kier molecular flexibility index (Phi) is 4.13. The molecule has 0 bridgehead atoms. The van der Waals surface area contributed by atoms with Crippen LogP contribution in [0, 0.1) is 10.1 Å². The summed E-state index contributed by atoms with van der Waals surface area (Å²) in [4.78, 5) is 10.4. The second-order valence-electron chi connectivity index (χ2n) is 4.69. The number of alkyl halides is 1. The predicted octanol–water partition coefficient (Wildman–Crippen LogP) is 4.29. The Morgan fingerprint density at radius 2 is 2.33 bits per heavy atom. The molecule has 0 aromatic heterocycles. The summed E-state index contributed by atoms with van der Waals surface area (Å²) in [5.41, 5.74) is 0.771. The lowest BCUT2D eigenvalue weighted by atomic mass is 9.93.